The molecule has 0 spiro atoms. The Morgan fingerprint density at radius 1 is 0.812 bits per heavy atom. The Labute approximate surface area is 94.1 Å². The van der Waals surface area contributed by atoms with Gasteiger partial charge in [0.1, 0.15) is 0 Å². The predicted octanol–water partition coefficient (Wildman–Crippen LogP) is 3.59. The summed E-state index contributed by atoms with van der Waals surface area (Å²) in [4.78, 5) is 0. The van der Waals surface area contributed by atoms with Gasteiger partial charge in [-0.1, -0.05) is 36.4 Å². The lowest BCUT2D eigenvalue weighted by Gasteiger charge is -1.99. The molecule has 1 N–H and O–H groups in total. The van der Waals surface area contributed by atoms with E-state index in [0.29, 0.717) is 5.69 Å². The molecule has 0 atom stereocenters. The molecule has 0 bridgehead atoms. The van der Waals surface area contributed by atoms with Gasteiger partial charge in [0, 0.05) is 5.56 Å². The van der Waals surface area contributed by atoms with Crippen molar-refractivity contribution in [3.63, 3.8) is 0 Å². The molecule has 0 aliphatic heterocycles. The first-order chi connectivity index (χ1) is 7.90. The van der Waals surface area contributed by atoms with E-state index in [0.717, 1.165) is 11.3 Å². The lowest BCUT2D eigenvalue weighted by molar-refractivity contribution is 0.282. The van der Waals surface area contributed by atoms with Gasteiger partial charge in [-0.25, -0.2) is 0 Å². The van der Waals surface area contributed by atoms with Gasteiger partial charge in [0.2, 0.25) is 0 Å². The van der Waals surface area contributed by atoms with Gasteiger partial charge in [-0.15, -0.1) is 0 Å². The predicted molar refractivity (Wildman–Crippen MR) is 63.0 cm³/mol. The van der Waals surface area contributed by atoms with E-state index in [-0.39, 0.29) is 6.61 Å². The number of rotatable bonds is 3. The van der Waals surface area contributed by atoms with Crippen LogP contribution in [0.25, 0.3) is 0 Å². The summed E-state index contributed by atoms with van der Waals surface area (Å²) in [6.07, 6.45) is 0. The summed E-state index contributed by atoms with van der Waals surface area (Å²) >= 11 is 0. The molecule has 0 aliphatic carbocycles. The SMILES string of the molecule is OCc1ccccc1N=Nc1ccccc1. The quantitative estimate of drug-likeness (QED) is 0.776. The molecule has 3 nitrogen and oxygen atoms in total. The van der Waals surface area contributed by atoms with Gasteiger partial charge in [0.15, 0.2) is 0 Å². The van der Waals surface area contributed by atoms with Crippen molar-refractivity contribution in [2.45, 2.75) is 6.61 Å². The number of aliphatic hydroxyl groups is 1. The molecule has 0 aliphatic rings. The van der Waals surface area contributed by atoms with E-state index in [2.05, 4.69) is 10.2 Å². The summed E-state index contributed by atoms with van der Waals surface area (Å²) in [6, 6.07) is 16.9. The van der Waals surface area contributed by atoms with E-state index in [9.17, 15) is 0 Å². The van der Waals surface area contributed by atoms with Crippen molar-refractivity contribution in [2.24, 2.45) is 10.2 Å². The zero-order chi connectivity index (χ0) is 11.2. The van der Waals surface area contributed by atoms with Crippen LogP contribution in [-0.2, 0) is 6.61 Å². The third-order valence-electron chi connectivity index (χ3n) is 2.19. The second-order valence-corrected chi connectivity index (χ2v) is 3.32. The minimum atomic E-state index is -0.0238. The summed E-state index contributed by atoms with van der Waals surface area (Å²) in [5.41, 5.74) is 2.28. The summed E-state index contributed by atoms with van der Waals surface area (Å²) < 4.78 is 0. The van der Waals surface area contributed by atoms with Crippen LogP contribution in [-0.4, -0.2) is 5.11 Å². The van der Waals surface area contributed by atoms with E-state index in [1.54, 1.807) is 0 Å². The number of hydrogen-bond acceptors (Lipinski definition) is 3. The van der Waals surface area contributed by atoms with Crippen molar-refractivity contribution < 1.29 is 5.11 Å². The highest BCUT2D eigenvalue weighted by Crippen LogP contribution is 2.21. The first-order valence-corrected chi connectivity index (χ1v) is 5.06. The molecule has 0 saturated carbocycles. The maximum atomic E-state index is 9.11. The summed E-state index contributed by atoms with van der Waals surface area (Å²) in [5, 5.41) is 17.3. The highest BCUT2D eigenvalue weighted by molar-refractivity contribution is 5.45. The van der Waals surface area contributed by atoms with E-state index < -0.39 is 0 Å². The highest BCUT2D eigenvalue weighted by Gasteiger charge is 1.97. The van der Waals surface area contributed by atoms with E-state index in [4.69, 9.17) is 5.11 Å². The average molecular weight is 212 g/mol. The Bertz CT molecular complexity index is 480. The second kappa shape index (κ2) is 5.19. The normalized spacial score (nSPS) is 10.8. The molecule has 2 rings (SSSR count). The van der Waals surface area contributed by atoms with Gasteiger partial charge in [-0.2, -0.15) is 10.2 Å². The van der Waals surface area contributed by atoms with Crippen LogP contribution in [0.3, 0.4) is 0 Å². The smallest absolute Gasteiger partial charge is 0.0912 e. The van der Waals surface area contributed by atoms with Crippen molar-refractivity contribution >= 4 is 11.4 Å². The van der Waals surface area contributed by atoms with Crippen LogP contribution < -0.4 is 0 Å². The molecular formula is C13H12N2O. The topological polar surface area (TPSA) is 45.0 Å². The molecule has 0 amide bonds. The molecule has 2 aromatic carbocycles. The zero-order valence-electron chi connectivity index (χ0n) is 8.74. The molecule has 2 aromatic rings. The number of hydrogen-bond donors (Lipinski definition) is 1. The summed E-state index contributed by atoms with van der Waals surface area (Å²) in [7, 11) is 0. The number of aliphatic hydroxyl groups excluding tert-OH is 1. The number of nitrogens with zero attached hydrogens (tertiary/aromatic N) is 2. The monoisotopic (exact) mass is 212 g/mol. The molecule has 0 unspecified atom stereocenters. The van der Waals surface area contributed by atoms with Crippen molar-refractivity contribution in [3.05, 3.63) is 60.2 Å². The van der Waals surface area contributed by atoms with Crippen molar-refractivity contribution in [3.8, 4) is 0 Å². The largest absolute Gasteiger partial charge is 0.392 e. The number of azo groups is 1. The third kappa shape index (κ3) is 2.52. The fourth-order valence-corrected chi connectivity index (χ4v) is 1.35. The van der Waals surface area contributed by atoms with Gasteiger partial charge in [0.25, 0.3) is 0 Å². The Kier molecular flexibility index (Phi) is 3.41. The number of benzene rings is 2. The van der Waals surface area contributed by atoms with E-state index in [1.165, 1.54) is 0 Å². The van der Waals surface area contributed by atoms with Crippen LogP contribution in [0.1, 0.15) is 5.56 Å². The zero-order valence-corrected chi connectivity index (χ0v) is 8.74. The molecular weight excluding hydrogens is 200 g/mol. The molecule has 0 saturated heterocycles. The fraction of sp³-hybridized carbons (Fsp3) is 0.0769. The van der Waals surface area contributed by atoms with Crippen LogP contribution in [0.5, 0.6) is 0 Å². The van der Waals surface area contributed by atoms with Crippen LogP contribution in [0.15, 0.2) is 64.8 Å². The van der Waals surface area contributed by atoms with Gasteiger partial charge < -0.3 is 5.11 Å². The Morgan fingerprint density at radius 3 is 2.25 bits per heavy atom. The third-order valence-corrected chi connectivity index (χ3v) is 2.19. The highest BCUT2D eigenvalue weighted by atomic mass is 16.3. The standard InChI is InChI=1S/C13H12N2O/c16-10-11-6-4-5-9-13(11)15-14-12-7-2-1-3-8-12/h1-9,16H,10H2. The molecule has 3 heteroatoms. The molecule has 16 heavy (non-hydrogen) atoms. The van der Waals surface area contributed by atoms with Crippen LogP contribution >= 0.6 is 0 Å². The molecule has 80 valence electrons. The molecule has 0 radical (unpaired) electrons. The minimum Gasteiger partial charge on any atom is -0.392 e. The van der Waals surface area contributed by atoms with E-state index in [1.807, 2.05) is 54.6 Å². The first-order valence-electron chi connectivity index (χ1n) is 5.06. The maximum Gasteiger partial charge on any atom is 0.0912 e. The molecule has 0 heterocycles. The second-order valence-electron chi connectivity index (χ2n) is 3.32. The van der Waals surface area contributed by atoms with Crippen molar-refractivity contribution in [1.82, 2.24) is 0 Å². The maximum absolute atomic E-state index is 9.11. The van der Waals surface area contributed by atoms with Gasteiger partial charge >= 0.3 is 0 Å². The van der Waals surface area contributed by atoms with Crippen LogP contribution in [0.4, 0.5) is 11.4 Å². The minimum absolute atomic E-state index is 0.0238. The van der Waals surface area contributed by atoms with Crippen LogP contribution in [0.2, 0.25) is 0 Å². The lowest BCUT2D eigenvalue weighted by Crippen LogP contribution is -1.81. The van der Waals surface area contributed by atoms with Crippen molar-refractivity contribution in [2.75, 3.05) is 0 Å². The first kappa shape index (κ1) is 10.5. The van der Waals surface area contributed by atoms with Gasteiger partial charge in [0.05, 0.1) is 18.0 Å². The lowest BCUT2D eigenvalue weighted by atomic mass is 10.2. The summed E-state index contributed by atoms with van der Waals surface area (Å²) in [5.74, 6) is 0. The average Bonchev–Trinajstić information content (AvgIpc) is 2.38. The fourth-order valence-electron chi connectivity index (χ4n) is 1.35. The Morgan fingerprint density at radius 2 is 1.50 bits per heavy atom. The van der Waals surface area contributed by atoms with E-state index >= 15 is 0 Å². The molecule has 0 aromatic heterocycles. The van der Waals surface area contributed by atoms with Gasteiger partial charge in [-0.3, -0.25) is 0 Å². The summed E-state index contributed by atoms with van der Waals surface area (Å²) in [6.45, 7) is -0.0238. The Hall–Kier alpha value is -2.00. The Balaban J connectivity index is 2.24. The van der Waals surface area contributed by atoms with Crippen molar-refractivity contribution in [1.29, 1.82) is 0 Å². The molecule has 0 fully saturated rings. The van der Waals surface area contributed by atoms with Crippen LogP contribution in [0, 0.1) is 0 Å². The van der Waals surface area contributed by atoms with Gasteiger partial charge in [-0.05, 0) is 18.2 Å².